The summed E-state index contributed by atoms with van der Waals surface area (Å²) in [6.45, 7) is 5.07. The van der Waals surface area contributed by atoms with Crippen molar-refractivity contribution in [2.45, 2.75) is 40.1 Å². The number of hydrogen-bond acceptors (Lipinski definition) is 9. The molecule has 1 aliphatic heterocycles. The molecule has 0 fully saturated rings. The topological polar surface area (TPSA) is 201 Å². The Hall–Kier alpha value is -5.56. The number of carbonyl (C=O) groups is 5. The molecule has 3 aromatic carbocycles. The lowest BCUT2D eigenvalue weighted by molar-refractivity contribution is -0.140. The average molecular weight is 618 g/mol. The van der Waals surface area contributed by atoms with E-state index in [1.54, 1.807) is 67.6 Å². The lowest BCUT2D eigenvalue weighted by atomic mass is 10.1. The number of esters is 1. The number of carboxylic acid groups (broad SMARTS) is 1. The van der Waals surface area contributed by atoms with Gasteiger partial charge in [-0.15, -0.1) is 0 Å². The van der Waals surface area contributed by atoms with Crippen LogP contribution in [0, 0.1) is 12.3 Å². The summed E-state index contributed by atoms with van der Waals surface area (Å²) in [5, 5.41) is 21.3. The molecule has 0 spiro atoms. The minimum absolute atomic E-state index is 0.0342. The largest absolute Gasteiger partial charge is 0.481 e. The van der Waals surface area contributed by atoms with Crippen molar-refractivity contribution in [3.8, 4) is 0 Å². The van der Waals surface area contributed by atoms with Crippen molar-refractivity contribution in [1.82, 2.24) is 10.2 Å². The summed E-state index contributed by atoms with van der Waals surface area (Å²) in [7, 11) is 1.32. The molecule has 1 unspecified atom stereocenters. The molecule has 4 rings (SSSR count). The summed E-state index contributed by atoms with van der Waals surface area (Å²) < 4.78 is 10.3. The van der Waals surface area contributed by atoms with Gasteiger partial charge in [-0.05, 0) is 55.3 Å². The number of imide groups is 1. The van der Waals surface area contributed by atoms with Gasteiger partial charge in [0.05, 0.1) is 23.8 Å². The first-order chi connectivity index (χ1) is 21.4. The Kier molecular flexibility index (Phi) is 11.5. The van der Waals surface area contributed by atoms with Gasteiger partial charge in [-0.3, -0.25) is 24.6 Å². The number of methoxy groups -OCH3 is 1. The van der Waals surface area contributed by atoms with Gasteiger partial charge >= 0.3 is 5.97 Å². The van der Waals surface area contributed by atoms with Crippen LogP contribution in [0.2, 0.25) is 0 Å². The minimum atomic E-state index is -1.45. The van der Waals surface area contributed by atoms with Gasteiger partial charge in [-0.1, -0.05) is 35.9 Å². The maximum atomic E-state index is 13.3. The fourth-order valence-corrected chi connectivity index (χ4v) is 4.42. The van der Waals surface area contributed by atoms with Gasteiger partial charge < -0.3 is 30.9 Å². The monoisotopic (exact) mass is 617 g/mol. The van der Waals surface area contributed by atoms with Crippen LogP contribution < -0.4 is 16.4 Å². The number of amides is 3. The van der Waals surface area contributed by atoms with Crippen LogP contribution in [-0.2, 0) is 32.2 Å². The van der Waals surface area contributed by atoms with E-state index in [4.69, 9.17) is 30.5 Å². The first-order valence-electron chi connectivity index (χ1n) is 13.8. The van der Waals surface area contributed by atoms with E-state index in [0.717, 1.165) is 23.0 Å². The zero-order valence-electron chi connectivity index (χ0n) is 25.3. The van der Waals surface area contributed by atoms with E-state index in [0.29, 0.717) is 28.9 Å². The van der Waals surface area contributed by atoms with E-state index in [9.17, 15) is 19.2 Å². The molecule has 0 saturated heterocycles. The Morgan fingerprint density at radius 1 is 0.956 bits per heavy atom. The Morgan fingerprint density at radius 2 is 1.58 bits per heavy atom. The number of benzene rings is 3. The van der Waals surface area contributed by atoms with Crippen molar-refractivity contribution in [1.29, 1.82) is 5.41 Å². The van der Waals surface area contributed by atoms with E-state index in [1.807, 2.05) is 6.92 Å². The molecular formula is C32H35N5O8. The molecule has 45 heavy (non-hydrogen) atoms. The number of fused-ring (bicyclic) bond motifs is 1. The Balaban J connectivity index is 0.00000130. The lowest BCUT2D eigenvalue weighted by Gasteiger charge is -2.25. The van der Waals surface area contributed by atoms with Gasteiger partial charge in [-0.25, -0.2) is 9.69 Å². The Bertz CT molecular complexity index is 1620. The highest BCUT2D eigenvalue weighted by molar-refractivity contribution is 6.22. The number of amidine groups is 1. The zero-order chi connectivity index (χ0) is 33.3. The van der Waals surface area contributed by atoms with E-state index in [-0.39, 0.29) is 30.1 Å². The number of nitrogen functional groups attached to an aromatic ring is 1. The highest BCUT2D eigenvalue weighted by Gasteiger charge is 2.43. The van der Waals surface area contributed by atoms with Crippen LogP contribution in [-0.4, -0.2) is 65.4 Å². The first-order valence-corrected chi connectivity index (χ1v) is 13.8. The van der Waals surface area contributed by atoms with Crippen molar-refractivity contribution >= 4 is 41.2 Å². The average Bonchev–Trinajstić information content (AvgIpc) is 3.25. The molecule has 13 heteroatoms. The van der Waals surface area contributed by atoms with Crippen LogP contribution >= 0.6 is 0 Å². The van der Waals surface area contributed by atoms with Crippen molar-refractivity contribution in [2.24, 2.45) is 5.73 Å². The molecule has 1 heterocycles. The molecule has 0 radical (unpaired) electrons. The number of hydrogen-bond donors (Lipinski definition) is 5. The van der Waals surface area contributed by atoms with Crippen LogP contribution in [0.4, 0.5) is 5.69 Å². The molecule has 3 aromatic rings. The number of nitrogens with one attached hydrogen (secondary N) is 3. The zero-order valence-corrected chi connectivity index (χ0v) is 25.3. The van der Waals surface area contributed by atoms with Gasteiger partial charge in [0.25, 0.3) is 23.7 Å². The number of carbonyl (C=O) groups excluding carboxylic acids is 4. The maximum absolute atomic E-state index is 13.3. The molecule has 0 aromatic heterocycles. The van der Waals surface area contributed by atoms with Crippen LogP contribution in [0.1, 0.15) is 67.2 Å². The van der Waals surface area contributed by atoms with Crippen LogP contribution in [0.5, 0.6) is 0 Å². The standard InChI is InChI=1S/C30H31N5O6.C2H4O2/c1-4-41-29(35-27(37)22-12-5-17(2)13-23(22)28(35)38)26(36)34-16-21-11-10-20(25(31)32)14-24(21)33-15-18-6-8-19(9-7-18)30(39)40-3;1-2(3)4/h5-14,29,33H,4,15-16H2,1-3H3,(H3,31,32)(H,34,36);1H3,(H,3,4). The van der Waals surface area contributed by atoms with E-state index >= 15 is 0 Å². The summed E-state index contributed by atoms with van der Waals surface area (Å²) in [5.74, 6) is -3.22. The normalized spacial score (nSPS) is 12.4. The third-order valence-corrected chi connectivity index (χ3v) is 6.59. The molecule has 3 amide bonds. The molecular weight excluding hydrogens is 582 g/mol. The lowest BCUT2D eigenvalue weighted by Crippen LogP contribution is -2.51. The van der Waals surface area contributed by atoms with Gasteiger partial charge in [-0.2, -0.15) is 0 Å². The number of nitrogens with zero attached hydrogens (tertiary/aromatic N) is 1. The number of anilines is 1. The number of rotatable bonds is 11. The Morgan fingerprint density at radius 3 is 2.18 bits per heavy atom. The molecule has 0 bridgehead atoms. The molecule has 1 atom stereocenters. The van der Waals surface area contributed by atoms with Gasteiger partial charge in [0.15, 0.2) is 0 Å². The first kappa shape index (κ1) is 33.9. The fourth-order valence-electron chi connectivity index (χ4n) is 4.42. The van der Waals surface area contributed by atoms with Crippen LogP contribution in [0.15, 0.2) is 60.7 Å². The number of ether oxygens (including phenoxy) is 2. The Labute approximate surface area is 259 Å². The predicted octanol–water partition coefficient (Wildman–Crippen LogP) is 3.04. The summed E-state index contributed by atoms with van der Waals surface area (Å²) in [4.78, 5) is 61.0. The number of carboxylic acids is 1. The number of nitrogens with two attached hydrogens (primary N) is 1. The number of aryl methyl sites for hydroxylation is 1. The SMILES string of the molecule is CC(=O)O.CCOC(C(=O)NCc1ccc(C(=N)N)cc1NCc1ccc(C(=O)OC)cc1)N1C(=O)c2ccc(C)cc2C1=O. The smallest absolute Gasteiger partial charge is 0.337 e. The quantitative estimate of drug-likeness (QED) is 0.0921. The predicted molar refractivity (Wildman–Crippen MR) is 165 cm³/mol. The maximum Gasteiger partial charge on any atom is 0.337 e. The summed E-state index contributed by atoms with van der Waals surface area (Å²) in [5.41, 5.74) is 10.0. The highest BCUT2D eigenvalue weighted by atomic mass is 16.5. The van der Waals surface area contributed by atoms with Gasteiger partial charge in [0.2, 0.25) is 6.23 Å². The van der Waals surface area contributed by atoms with Crippen LogP contribution in [0.3, 0.4) is 0 Å². The number of aliphatic carboxylic acids is 1. The molecule has 6 N–H and O–H groups in total. The third-order valence-electron chi connectivity index (χ3n) is 6.59. The van der Waals surface area contributed by atoms with Gasteiger partial charge in [0.1, 0.15) is 5.84 Å². The van der Waals surface area contributed by atoms with E-state index < -0.39 is 35.9 Å². The molecule has 1 aliphatic rings. The van der Waals surface area contributed by atoms with Gasteiger partial charge in [0, 0.05) is 37.9 Å². The fraction of sp³-hybridized carbons (Fsp3) is 0.250. The minimum Gasteiger partial charge on any atom is -0.481 e. The second-order valence-electron chi connectivity index (χ2n) is 9.90. The van der Waals surface area contributed by atoms with Crippen molar-refractivity contribution in [2.75, 3.05) is 19.0 Å². The summed E-state index contributed by atoms with van der Waals surface area (Å²) in [6, 6.07) is 16.9. The molecule has 0 aliphatic carbocycles. The van der Waals surface area contributed by atoms with Crippen molar-refractivity contribution < 1.29 is 38.6 Å². The van der Waals surface area contributed by atoms with E-state index in [2.05, 4.69) is 10.6 Å². The summed E-state index contributed by atoms with van der Waals surface area (Å²) in [6.07, 6.45) is -1.45. The third kappa shape index (κ3) is 8.51. The summed E-state index contributed by atoms with van der Waals surface area (Å²) >= 11 is 0. The molecule has 13 nitrogen and oxygen atoms in total. The highest BCUT2D eigenvalue weighted by Crippen LogP contribution is 2.27. The van der Waals surface area contributed by atoms with Crippen molar-refractivity contribution in [3.05, 3.63) is 99.6 Å². The van der Waals surface area contributed by atoms with E-state index in [1.165, 1.54) is 7.11 Å². The second kappa shape index (κ2) is 15.3. The van der Waals surface area contributed by atoms with Crippen LogP contribution in [0.25, 0.3) is 0 Å². The molecule has 236 valence electrons. The van der Waals surface area contributed by atoms with Crippen molar-refractivity contribution in [3.63, 3.8) is 0 Å². The second-order valence-corrected chi connectivity index (χ2v) is 9.90. The molecule has 0 saturated carbocycles.